The van der Waals surface area contributed by atoms with Crippen LogP contribution >= 0.6 is 0 Å². The van der Waals surface area contributed by atoms with Gasteiger partial charge in [0, 0.05) is 0 Å². The summed E-state index contributed by atoms with van der Waals surface area (Å²) in [6.45, 7) is 0. The van der Waals surface area contributed by atoms with Crippen molar-refractivity contribution in [3.8, 4) is 5.69 Å². The number of aromatic nitrogens is 1. The maximum atomic E-state index is 2.40. The zero-order chi connectivity index (χ0) is 25.8. The van der Waals surface area contributed by atoms with Gasteiger partial charge in [-0.25, -0.2) is 0 Å². The summed E-state index contributed by atoms with van der Waals surface area (Å²) in [6, 6.07) is 52.8. The number of fused-ring (bicyclic) bond motifs is 6. The molecule has 0 spiro atoms. The van der Waals surface area contributed by atoms with Crippen molar-refractivity contribution in [1.82, 2.24) is 4.57 Å². The van der Waals surface area contributed by atoms with Gasteiger partial charge < -0.3 is 0 Å². The van der Waals surface area contributed by atoms with Crippen LogP contribution in [0.5, 0.6) is 0 Å². The van der Waals surface area contributed by atoms with E-state index in [1.807, 2.05) is 0 Å². The molecule has 0 saturated carbocycles. The molecule has 0 saturated heterocycles. The van der Waals surface area contributed by atoms with Crippen LogP contribution in [-0.4, -0.2) is 19.1 Å². The molecule has 2 nitrogen and oxygen atoms in total. The number of benzene rings is 6. The van der Waals surface area contributed by atoms with Gasteiger partial charge in [0.2, 0.25) is 0 Å². The average Bonchev–Trinajstić information content (AvgIpc) is 3.53. The van der Waals surface area contributed by atoms with Crippen molar-refractivity contribution in [2.75, 3.05) is 4.90 Å². The van der Waals surface area contributed by atoms with E-state index in [1.165, 1.54) is 52.5 Å². The Kier molecular flexibility index (Phi) is 5.19. The van der Waals surface area contributed by atoms with Gasteiger partial charge in [-0.05, 0) is 0 Å². The number of rotatable bonds is 4. The Hall–Kier alpha value is -4.56. The van der Waals surface area contributed by atoms with Crippen LogP contribution in [0, 0.1) is 0 Å². The molecule has 0 aliphatic carbocycles. The Morgan fingerprint density at radius 2 is 1.00 bits per heavy atom. The molecule has 8 aromatic rings. The molecule has 2 heterocycles. The molecule has 39 heavy (non-hydrogen) atoms. The first kappa shape index (κ1) is 22.4. The van der Waals surface area contributed by atoms with Gasteiger partial charge in [0.1, 0.15) is 0 Å². The molecule has 0 fully saturated rings. The van der Waals surface area contributed by atoms with E-state index in [0.717, 1.165) is 11.4 Å². The Labute approximate surface area is 232 Å². The van der Waals surface area contributed by atoms with Crippen LogP contribution in [0.15, 0.2) is 146 Å². The molecule has 0 bridgehead atoms. The molecule has 6 aromatic carbocycles. The fourth-order valence-electron chi connectivity index (χ4n) is 5.83. The third-order valence-corrected chi connectivity index (χ3v) is 9.94. The molecule has 0 amide bonds. The van der Waals surface area contributed by atoms with Gasteiger partial charge in [0.15, 0.2) is 0 Å². The van der Waals surface area contributed by atoms with Crippen LogP contribution in [0.25, 0.3) is 46.8 Å². The number of hydrogen-bond acceptors (Lipinski definition) is 1. The third-order valence-electron chi connectivity index (χ3n) is 7.56. The van der Waals surface area contributed by atoms with E-state index < -0.39 is 0 Å². The average molecular weight is 564 g/mol. The minimum absolute atomic E-state index is 0.313. The fourth-order valence-corrected chi connectivity index (χ4v) is 8.22. The van der Waals surface area contributed by atoms with Crippen molar-refractivity contribution >= 4 is 72.7 Å². The Balaban J connectivity index is 1.38. The molecule has 2 aromatic heterocycles. The predicted molar refractivity (Wildman–Crippen MR) is 167 cm³/mol. The van der Waals surface area contributed by atoms with Crippen LogP contribution in [-0.2, 0) is 0 Å². The number of para-hydroxylation sites is 3. The van der Waals surface area contributed by atoms with Gasteiger partial charge in [0.25, 0.3) is 0 Å². The van der Waals surface area contributed by atoms with Crippen molar-refractivity contribution in [3.05, 3.63) is 146 Å². The van der Waals surface area contributed by atoms with Crippen molar-refractivity contribution in [3.63, 3.8) is 0 Å². The number of hydrogen-bond donors (Lipinski definition) is 0. The van der Waals surface area contributed by atoms with E-state index in [1.54, 1.807) is 0 Å². The zero-order valence-electron chi connectivity index (χ0n) is 21.2. The van der Waals surface area contributed by atoms with E-state index in [9.17, 15) is 0 Å². The predicted octanol–water partition coefficient (Wildman–Crippen LogP) is 9.62. The van der Waals surface area contributed by atoms with E-state index >= 15 is 0 Å². The van der Waals surface area contributed by atoms with Crippen LogP contribution in [0.2, 0.25) is 0 Å². The zero-order valence-corrected chi connectivity index (χ0v) is 22.9. The summed E-state index contributed by atoms with van der Waals surface area (Å²) in [6.07, 6.45) is 0. The number of nitrogens with zero attached hydrogens (tertiary/aromatic N) is 2. The first-order valence-electron chi connectivity index (χ1n) is 13.2. The molecular weight excluding hydrogens is 539 g/mol. The Morgan fingerprint density at radius 1 is 0.410 bits per heavy atom. The molecule has 184 valence electrons. The first-order valence-corrected chi connectivity index (χ1v) is 14.9. The third kappa shape index (κ3) is 3.63. The summed E-state index contributed by atoms with van der Waals surface area (Å²) >= 11 is 0.313. The van der Waals surface area contributed by atoms with Gasteiger partial charge in [-0.15, -0.1) is 0 Å². The molecule has 0 aliphatic heterocycles. The molecule has 0 aliphatic rings. The molecule has 3 heteroatoms. The molecular formula is C36H24N2Se. The summed E-state index contributed by atoms with van der Waals surface area (Å²) in [5.41, 5.74) is 7.10. The van der Waals surface area contributed by atoms with Gasteiger partial charge >= 0.3 is 233 Å². The second kappa shape index (κ2) is 9.03. The molecule has 0 unspecified atom stereocenters. The van der Waals surface area contributed by atoms with E-state index in [2.05, 4.69) is 155 Å². The van der Waals surface area contributed by atoms with E-state index in [-0.39, 0.29) is 0 Å². The maximum absolute atomic E-state index is 2.40. The van der Waals surface area contributed by atoms with E-state index in [0.29, 0.717) is 14.5 Å². The molecule has 0 radical (unpaired) electrons. The van der Waals surface area contributed by atoms with Gasteiger partial charge in [-0.1, -0.05) is 0 Å². The Bertz CT molecular complexity index is 2120. The van der Waals surface area contributed by atoms with Gasteiger partial charge in [0.05, 0.1) is 0 Å². The summed E-state index contributed by atoms with van der Waals surface area (Å²) in [7, 11) is 0. The van der Waals surface area contributed by atoms with Crippen molar-refractivity contribution < 1.29 is 0 Å². The van der Waals surface area contributed by atoms with Crippen LogP contribution in [0.1, 0.15) is 0 Å². The normalized spacial score (nSPS) is 11.6. The first-order chi connectivity index (χ1) is 19.3. The van der Waals surface area contributed by atoms with E-state index in [4.69, 9.17) is 0 Å². The quantitative estimate of drug-likeness (QED) is 0.194. The van der Waals surface area contributed by atoms with Crippen molar-refractivity contribution in [2.45, 2.75) is 0 Å². The summed E-state index contributed by atoms with van der Waals surface area (Å²) < 4.78 is 5.30. The SMILES string of the molecule is c1ccc(N(c2ccc3c(c2)[se]c2ccccc23)c2ccc3c4ccccc4n(-c4ccccc4)c3c2)cc1. The Morgan fingerprint density at radius 3 is 1.82 bits per heavy atom. The summed E-state index contributed by atoms with van der Waals surface area (Å²) in [5, 5.41) is 5.30. The second-order valence-electron chi connectivity index (χ2n) is 9.84. The van der Waals surface area contributed by atoms with Crippen LogP contribution in [0.3, 0.4) is 0 Å². The van der Waals surface area contributed by atoms with Crippen LogP contribution < -0.4 is 4.90 Å². The molecule has 0 N–H and O–H groups in total. The standard InChI is InChI=1S/C36H24N2Se/c1-3-11-25(12-4-1)37(28-20-22-32-31-16-8-10-18-35(31)39-36(32)24-28)27-19-21-30-29-15-7-9-17-33(29)38(34(30)23-27)26-13-5-2-6-14-26/h1-24H. The topological polar surface area (TPSA) is 8.17 Å². The second-order valence-corrected chi connectivity index (χ2v) is 12.1. The monoisotopic (exact) mass is 564 g/mol. The summed E-state index contributed by atoms with van der Waals surface area (Å²) in [5.74, 6) is 0. The molecule has 0 atom stereocenters. The number of anilines is 3. The van der Waals surface area contributed by atoms with Gasteiger partial charge in [-0.2, -0.15) is 0 Å². The van der Waals surface area contributed by atoms with Crippen molar-refractivity contribution in [2.24, 2.45) is 0 Å². The van der Waals surface area contributed by atoms with Crippen LogP contribution in [0.4, 0.5) is 17.1 Å². The van der Waals surface area contributed by atoms with Gasteiger partial charge in [-0.3, -0.25) is 0 Å². The minimum atomic E-state index is 0.313. The summed E-state index contributed by atoms with van der Waals surface area (Å²) in [4.78, 5) is 2.39. The molecule has 8 rings (SSSR count). The van der Waals surface area contributed by atoms with Crippen molar-refractivity contribution in [1.29, 1.82) is 0 Å². The fraction of sp³-hybridized carbons (Fsp3) is 0.